The highest BCUT2D eigenvalue weighted by molar-refractivity contribution is 7.15. The van der Waals surface area contributed by atoms with Gasteiger partial charge < -0.3 is 5.73 Å². The summed E-state index contributed by atoms with van der Waals surface area (Å²) in [6.07, 6.45) is 4.53. The van der Waals surface area contributed by atoms with Crippen LogP contribution in [0, 0.1) is 26.7 Å². The Bertz CT molecular complexity index is 1170. The number of nitrogens with two attached hydrogens (primary N) is 1. The number of benzene rings is 1. The van der Waals surface area contributed by atoms with Gasteiger partial charge in [-0.1, -0.05) is 49.9 Å². The number of thiophene rings is 1. The monoisotopic (exact) mass is 469 g/mol. The van der Waals surface area contributed by atoms with Crippen LogP contribution in [0.1, 0.15) is 71.9 Å². The third kappa shape index (κ3) is 4.36. The summed E-state index contributed by atoms with van der Waals surface area (Å²) in [7, 11) is 0. The molecule has 32 heavy (non-hydrogen) atoms. The summed E-state index contributed by atoms with van der Waals surface area (Å²) >= 11 is 7.74. The molecule has 5 rings (SSSR count). The molecule has 0 saturated heterocycles. The number of carbonyl (C=O) groups is 1. The van der Waals surface area contributed by atoms with Crippen molar-refractivity contribution in [3.8, 4) is 5.00 Å². The highest BCUT2D eigenvalue weighted by atomic mass is 35.5. The van der Waals surface area contributed by atoms with Gasteiger partial charge in [-0.2, -0.15) is 0 Å². The summed E-state index contributed by atoms with van der Waals surface area (Å²) in [5.74, 6) is 2.03. The Morgan fingerprint density at radius 3 is 2.41 bits per heavy atom. The van der Waals surface area contributed by atoms with Crippen molar-refractivity contribution in [2.45, 2.75) is 59.4 Å². The van der Waals surface area contributed by atoms with Gasteiger partial charge in [0.2, 0.25) is 5.91 Å². The van der Waals surface area contributed by atoms with Crippen molar-refractivity contribution < 1.29 is 4.79 Å². The average Bonchev–Trinajstić information content (AvgIpc) is 3.20. The number of aryl methyl sites for hydroxylation is 2. The molecule has 0 spiro atoms. The number of nitrogens with zero attached hydrogens (tertiary/aromatic N) is 4. The van der Waals surface area contributed by atoms with Crippen molar-refractivity contribution in [2.24, 2.45) is 16.6 Å². The Morgan fingerprint density at radius 2 is 1.84 bits per heavy atom. The predicted molar refractivity (Wildman–Crippen MR) is 130 cm³/mol. The maximum absolute atomic E-state index is 11.7. The van der Waals surface area contributed by atoms with Gasteiger partial charge in [0.1, 0.15) is 16.9 Å². The molecule has 1 amide bonds. The lowest BCUT2D eigenvalue weighted by molar-refractivity contribution is -0.118. The average molecular weight is 470 g/mol. The molecule has 1 aliphatic heterocycles. The van der Waals surface area contributed by atoms with E-state index < -0.39 is 11.9 Å². The summed E-state index contributed by atoms with van der Waals surface area (Å²) in [5.41, 5.74) is 9.45. The SMILES string of the molecule is CC1CCC1.Cc1sc2c(c1C)C(c1ccc(Cl)cc1)=NC(CC(N)=O)c1nnc(C)n1-2. The summed E-state index contributed by atoms with van der Waals surface area (Å²) in [4.78, 5) is 17.8. The minimum absolute atomic E-state index is 0.0716. The van der Waals surface area contributed by atoms with Gasteiger partial charge in [-0.15, -0.1) is 21.5 Å². The summed E-state index contributed by atoms with van der Waals surface area (Å²) < 4.78 is 2.00. The zero-order valence-corrected chi connectivity index (χ0v) is 20.4. The molecule has 1 fully saturated rings. The molecule has 1 saturated carbocycles. The summed E-state index contributed by atoms with van der Waals surface area (Å²) in [5, 5.41) is 10.2. The number of rotatable bonds is 3. The molecule has 8 heteroatoms. The van der Waals surface area contributed by atoms with Gasteiger partial charge in [0.15, 0.2) is 5.82 Å². The molecule has 1 unspecified atom stereocenters. The topological polar surface area (TPSA) is 86.2 Å². The van der Waals surface area contributed by atoms with E-state index in [1.165, 1.54) is 24.1 Å². The van der Waals surface area contributed by atoms with Crippen LogP contribution in [-0.4, -0.2) is 26.4 Å². The van der Waals surface area contributed by atoms with Crippen LogP contribution >= 0.6 is 22.9 Å². The fourth-order valence-electron chi connectivity index (χ4n) is 3.94. The molecule has 1 aromatic carbocycles. The Morgan fingerprint density at radius 1 is 1.19 bits per heavy atom. The predicted octanol–water partition coefficient (Wildman–Crippen LogP) is 5.48. The van der Waals surface area contributed by atoms with Gasteiger partial charge in [-0.25, -0.2) is 0 Å². The van der Waals surface area contributed by atoms with Crippen molar-refractivity contribution in [1.82, 2.24) is 14.8 Å². The number of carbonyl (C=O) groups excluding carboxylic acids is 1. The molecule has 3 aromatic rings. The van der Waals surface area contributed by atoms with Crippen LogP contribution < -0.4 is 5.73 Å². The van der Waals surface area contributed by atoms with Crippen LogP contribution in [0.4, 0.5) is 0 Å². The number of hydrogen-bond acceptors (Lipinski definition) is 5. The van der Waals surface area contributed by atoms with E-state index in [2.05, 4.69) is 31.0 Å². The van der Waals surface area contributed by atoms with Gasteiger partial charge in [-0.3, -0.25) is 14.4 Å². The second-order valence-corrected chi connectivity index (χ2v) is 10.3. The molecule has 168 valence electrons. The van der Waals surface area contributed by atoms with E-state index in [0.717, 1.165) is 39.1 Å². The zero-order chi connectivity index (χ0) is 23.0. The molecule has 1 aliphatic carbocycles. The maximum Gasteiger partial charge on any atom is 0.220 e. The minimum atomic E-state index is -0.492. The second kappa shape index (κ2) is 9.16. The van der Waals surface area contributed by atoms with Gasteiger partial charge in [0.05, 0.1) is 12.1 Å². The largest absolute Gasteiger partial charge is 0.370 e. The fraction of sp³-hybridized carbons (Fsp3) is 0.417. The third-order valence-corrected chi connectivity index (χ3v) is 7.59. The van der Waals surface area contributed by atoms with Crippen LogP contribution in [0.3, 0.4) is 0 Å². The Hall–Kier alpha value is -2.51. The Balaban J connectivity index is 0.000000433. The lowest BCUT2D eigenvalue weighted by atomic mass is 9.88. The molecule has 2 aromatic heterocycles. The fourth-order valence-corrected chi connectivity index (χ4v) is 5.28. The number of aliphatic imine (C=N–C) groups is 1. The van der Waals surface area contributed by atoms with Gasteiger partial charge in [-0.05, 0) is 44.4 Å². The Kier molecular flexibility index (Phi) is 6.49. The number of fused-ring (bicyclic) bond motifs is 3. The number of halogens is 1. The first kappa shape index (κ1) is 22.7. The van der Waals surface area contributed by atoms with E-state index in [4.69, 9.17) is 22.3 Å². The third-order valence-electron chi connectivity index (χ3n) is 6.15. The highest BCUT2D eigenvalue weighted by Gasteiger charge is 2.31. The molecular formula is C24H28ClN5OS. The van der Waals surface area contributed by atoms with Crippen LogP contribution in [0.25, 0.3) is 5.00 Å². The molecule has 1 atom stereocenters. The Labute approximate surface area is 197 Å². The van der Waals surface area contributed by atoms with E-state index in [-0.39, 0.29) is 6.42 Å². The van der Waals surface area contributed by atoms with E-state index in [1.807, 2.05) is 35.8 Å². The van der Waals surface area contributed by atoms with Crippen LogP contribution in [-0.2, 0) is 4.79 Å². The lowest BCUT2D eigenvalue weighted by Gasteiger charge is -2.18. The van der Waals surface area contributed by atoms with Gasteiger partial charge in [0.25, 0.3) is 0 Å². The minimum Gasteiger partial charge on any atom is -0.370 e. The second-order valence-electron chi connectivity index (χ2n) is 8.61. The number of aromatic nitrogens is 3. The van der Waals surface area contributed by atoms with Crippen LogP contribution in [0.2, 0.25) is 5.02 Å². The highest BCUT2D eigenvalue weighted by Crippen LogP contribution is 2.39. The molecule has 0 radical (unpaired) electrons. The standard InChI is InChI=1S/C19H18ClN5OS.C5H10/c1-9-10(2)27-19-16(9)17(12-4-6-13(20)7-5-12)22-14(8-15(21)26)18-24-23-11(3)25(18)19;1-5-3-2-4-5/h4-7,14H,8H2,1-3H3,(H2,21,26);5H,2-4H2,1H3. The zero-order valence-electron chi connectivity index (χ0n) is 18.9. The molecule has 6 nitrogen and oxygen atoms in total. The molecule has 0 bridgehead atoms. The first-order chi connectivity index (χ1) is 15.3. The van der Waals surface area contributed by atoms with E-state index >= 15 is 0 Å². The molecule has 2 N–H and O–H groups in total. The number of primary amides is 1. The van der Waals surface area contributed by atoms with Crippen molar-refractivity contribution >= 4 is 34.6 Å². The van der Waals surface area contributed by atoms with E-state index in [1.54, 1.807) is 11.3 Å². The molecule has 3 heterocycles. The van der Waals surface area contributed by atoms with Gasteiger partial charge in [0, 0.05) is 21.0 Å². The van der Waals surface area contributed by atoms with Gasteiger partial charge >= 0.3 is 0 Å². The number of amides is 1. The summed E-state index contributed by atoms with van der Waals surface area (Å²) in [6, 6.07) is 7.07. The first-order valence-electron chi connectivity index (χ1n) is 10.9. The maximum atomic E-state index is 11.7. The van der Waals surface area contributed by atoms with Crippen molar-refractivity contribution in [2.75, 3.05) is 0 Å². The van der Waals surface area contributed by atoms with E-state index in [9.17, 15) is 4.79 Å². The number of hydrogen-bond donors (Lipinski definition) is 1. The quantitative estimate of drug-likeness (QED) is 0.550. The van der Waals surface area contributed by atoms with Crippen molar-refractivity contribution in [1.29, 1.82) is 0 Å². The normalized spacial score (nSPS) is 17.3. The summed E-state index contributed by atoms with van der Waals surface area (Å²) in [6.45, 7) is 8.39. The molecule has 2 aliphatic rings. The lowest BCUT2D eigenvalue weighted by Crippen LogP contribution is -2.17. The molecular weight excluding hydrogens is 442 g/mol. The van der Waals surface area contributed by atoms with Crippen LogP contribution in [0.15, 0.2) is 29.3 Å². The van der Waals surface area contributed by atoms with Crippen molar-refractivity contribution in [3.63, 3.8) is 0 Å². The first-order valence-corrected chi connectivity index (χ1v) is 12.1. The smallest absolute Gasteiger partial charge is 0.220 e. The van der Waals surface area contributed by atoms with E-state index in [0.29, 0.717) is 10.8 Å². The van der Waals surface area contributed by atoms with Crippen LogP contribution in [0.5, 0.6) is 0 Å². The van der Waals surface area contributed by atoms with Crippen molar-refractivity contribution in [3.05, 3.63) is 62.5 Å².